The Morgan fingerprint density at radius 2 is 1.75 bits per heavy atom. The van der Waals surface area contributed by atoms with Gasteiger partial charge in [-0.25, -0.2) is 0 Å². The number of rotatable bonds is 8. The van der Waals surface area contributed by atoms with Gasteiger partial charge in [0, 0.05) is 30.8 Å². The van der Waals surface area contributed by atoms with Gasteiger partial charge in [0.2, 0.25) is 5.82 Å². The fraction of sp³-hybridized carbons (Fsp3) is 0.214. The highest BCUT2D eigenvalue weighted by atomic mass is 16.5. The standard InChI is InChI=1S/C28H27N3O5/c1-18-8-5-6-11-23(18)24-13-12-20(15-22(24)17-34-3)27-29-26(30-36-27)19-9-7-10-21(14-19)28(33)31(2)16-25(32)35-4/h5-15H,16-17H2,1-4H3. The van der Waals surface area contributed by atoms with Gasteiger partial charge < -0.3 is 18.9 Å². The van der Waals surface area contributed by atoms with Gasteiger partial charge >= 0.3 is 5.97 Å². The van der Waals surface area contributed by atoms with E-state index in [9.17, 15) is 9.59 Å². The topological polar surface area (TPSA) is 94.8 Å². The van der Waals surface area contributed by atoms with Crippen molar-refractivity contribution in [3.05, 3.63) is 83.4 Å². The van der Waals surface area contributed by atoms with Gasteiger partial charge in [-0.05, 0) is 53.4 Å². The molecule has 0 aliphatic carbocycles. The van der Waals surface area contributed by atoms with Gasteiger partial charge in [0.05, 0.1) is 13.7 Å². The fourth-order valence-electron chi connectivity index (χ4n) is 3.94. The first-order chi connectivity index (χ1) is 17.4. The summed E-state index contributed by atoms with van der Waals surface area (Å²) in [5, 5.41) is 4.12. The molecule has 1 heterocycles. The number of amides is 1. The predicted octanol–water partition coefficient (Wildman–Crippen LogP) is 4.77. The highest BCUT2D eigenvalue weighted by Gasteiger charge is 2.18. The minimum atomic E-state index is -0.494. The Kier molecular flexibility index (Phi) is 7.56. The molecule has 4 aromatic rings. The number of carbonyl (C=O) groups is 2. The summed E-state index contributed by atoms with van der Waals surface area (Å²) in [4.78, 5) is 30.1. The van der Waals surface area contributed by atoms with Crippen LogP contribution in [0.15, 0.2) is 71.3 Å². The summed E-state index contributed by atoms with van der Waals surface area (Å²) >= 11 is 0. The monoisotopic (exact) mass is 485 g/mol. The van der Waals surface area contributed by atoms with Crippen molar-refractivity contribution >= 4 is 11.9 Å². The highest BCUT2D eigenvalue weighted by Crippen LogP contribution is 2.31. The Hall–Kier alpha value is -4.30. The molecule has 0 atom stereocenters. The van der Waals surface area contributed by atoms with E-state index in [0.717, 1.165) is 22.3 Å². The zero-order chi connectivity index (χ0) is 25.7. The normalized spacial score (nSPS) is 10.8. The Morgan fingerprint density at radius 1 is 0.944 bits per heavy atom. The van der Waals surface area contributed by atoms with E-state index < -0.39 is 5.97 Å². The second-order valence-electron chi connectivity index (χ2n) is 8.36. The van der Waals surface area contributed by atoms with Gasteiger partial charge in [-0.2, -0.15) is 4.98 Å². The molecule has 0 saturated heterocycles. The van der Waals surface area contributed by atoms with Crippen LogP contribution in [0.3, 0.4) is 0 Å². The summed E-state index contributed by atoms with van der Waals surface area (Å²) < 4.78 is 15.6. The van der Waals surface area contributed by atoms with Crippen molar-refractivity contribution < 1.29 is 23.6 Å². The molecule has 1 aromatic heterocycles. The first kappa shape index (κ1) is 24.8. The van der Waals surface area contributed by atoms with E-state index in [2.05, 4.69) is 33.9 Å². The molecule has 184 valence electrons. The third-order valence-electron chi connectivity index (χ3n) is 5.82. The van der Waals surface area contributed by atoms with Gasteiger partial charge in [0.15, 0.2) is 0 Å². The molecular formula is C28H27N3O5. The van der Waals surface area contributed by atoms with Crippen molar-refractivity contribution in [3.8, 4) is 34.0 Å². The zero-order valence-corrected chi connectivity index (χ0v) is 20.6. The average molecular weight is 486 g/mol. The summed E-state index contributed by atoms with van der Waals surface area (Å²) in [6, 6.07) is 21.0. The van der Waals surface area contributed by atoms with E-state index in [0.29, 0.717) is 29.4 Å². The third kappa shape index (κ3) is 5.34. The molecule has 36 heavy (non-hydrogen) atoms. The van der Waals surface area contributed by atoms with E-state index in [1.165, 1.54) is 24.6 Å². The van der Waals surface area contributed by atoms with E-state index in [-0.39, 0.29) is 12.5 Å². The molecule has 4 rings (SSSR count). The Labute approximate surface area is 209 Å². The second kappa shape index (κ2) is 11.0. The molecule has 0 bridgehead atoms. The number of aryl methyl sites for hydroxylation is 1. The highest BCUT2D eigenvalue weighted by molar-refractivity contribution is 5.96. The van der Waals surface area contributed by atoms with Crippen LogP contribution in [0.1, 0.15) is 21.5 Å². The number of likely N-dealkylation sites (N-methyl/N-ethyl adjacent to an activating group) is 1. The van der Waals surface area contributed by atoms with E-state index in [4.69, 9.17) is 9.26 Å². The average Bonchev–Trinajstić information content (AvgIpc) is 3.39. The quantitative estimate of drug-likeness (QED) is 0.332. The third-order valence-corrected chi connectivity index (χ3v) is 5.82. The number of benzene rings is 3. The summed E-state index contributed by atoms with van der Waals surface area (Å²) in [6.07, 6.45) is 0. The number of aromatic nitrogens is 2. The maximum Gasteiger partial charge on any atom is 0.325 e. The molecular weight excluding hydrogens is 458 g/mol. The Bertz CT molecular complexity index is 1400. The molecule has 8 heteroatoms. The lowest BCUT2D eigenvalue weighted by Gasteiger charge is -2.15. The zero-order valence-electron chi connectivity index (χ0n) is 20.6. The van der Waals surface area contributed by atoms with Crippen LogP contribution in [0, 0.1) is 6.92 Å². The molecule has 8 nitrogen and oxygen atoms in total. The molecule has 0 aliphatic rings. The minimum absolute atomic E-state index is 0.145. The molecule has 0 N–H and O–H groups in total. The van der Waals surface area contributed by atoms with Crippen molar-refractivity contribution in [1.29, 1.82) is 0 Å². The fourth-order valence-corrected chi connectivity index (χ4v) is 3.94. The maximum absolute atomic E-state index is 12.7. The number of nitrogens with zero attached hydrogens (tertiary/aromatic N) is 3. The van der Waals surface area contributed by atoms with Gasteiger partial charge in [-0.15, -0.1) is 0 Å². The molecule has 0 radical (unpaired) electrons. The molecule has 3 aromatic carbocycles. The van der Waals surface area contributed by atoms with Crippen LogP contribution >= 0.6 is 0 Å². The SMILES string of the molecule is COCc1cc(-c2nc(-c3cccc(C(=O)N(C)CC(=O)OC)c3)no2)ccc1-c1ccccc1C. The van der Waals surface area contributed by atoms with Crippen LogP contribution in [0.25, 0.3) is 34.0 Å². The van der Waals surface area contributed by atoms with Crippen LogP contribution in [-0.4, -0.2) is 54.7 Å². The number of esters is 1. The van der Waals surface area contributed by atoms with Crippen LogP contribution in [-0.2, 0) is 20.9 Å². The van der Waals surface area contributed by atoms with Crippen molar-refractivity contribution in [2.75, 3.05) is 27.8 Å². The van der Waals surface area contributed by atoms with Crippen LogP contribution < -0.4 is 0 Å². The minimum Gasteiger partial charge on any atom is -0.468 e. The largest absolute Gasteiger partial charge is 0.468 e. The Balaban J connectivity index is 1.62. The first-order valence-electron chi connectivity index (χ1n) is 11.4. The van der Waals surface area contributed by atoms with E-state index in [1.807, 2.05) is 30.3 Å². The molecule has 0 fully saturated rings. The van der Waals surface area contributed by atoms with E-state index in [1.54, 1.807) is 31.4 Å². The lowest BCUT2D eigenvalue weighted by Crippen LogP contribution is -2.32. The maximum atomic E-state index is 12.7. The number of ether oxygens (including phenoxy) is 2. The molecule has 0 unspecified atom stereocenters. The van der Waals surface area contributed by atoms with Crippen LogP contribution in [0.5, 0.6) is 0 Å². The lowest BCUT2D eigenvalue weighted by molar-refractivity contribution is -0.141. The van der Waals surface area contributed by atoms with Gasteiger partial charge in [-0.1, -0.05) is 47.6 Å². The molecule has 0 aliphatic heterocycles. The Morgan fingerprint density at radius 3 is 2.50 bits per heavy atom. The predicted molar refractivity (Wildman–Crippen MR) is 135 cm³/mol. The van der Waals surface area contributed by atoms with Crippen molar-refractivity contribution in [3.63, 3.8) is 0 Å². The van der Waals surface area contributed by atoms with Crippen LogP contribution in [0.2, 0.25) is 0 Å². The van der Waals surface area contributed by atoms with Gasteiger partial charge in [0.1, 0.15) is 6.54 Å². The number of carbonyl (C=O) groups excluding carboxylic acids is 2. The van der Waals surface area contributed by atoms with Crippen LogP contribution in [0.4, 0.5) is 0 Å². The summed E-state index contributed by atoms with van der Waals surface area (Å²) in [6.45, 7) is 2.37. The number of hydrogen-bond donors (Lipinski definition) is 0. The van der Waals surface area contributed by atoms with Crippen molar-refractivity contribution in [1.82, 2.24) is 15.0 Å². The van der Waals surface area contributed by atoms with Gasteiger partial charge in [-0.3, -0.25) is 9.59 Å². The number of methoxy groups -OCH3 is 2. The molecule has 1 amide bonds. The summed E-state index contributed by atoms with van der Waals surface area (Å²) in [5.74, 6) is -0.0992. The number of hydrogen-bond acceptors (Lipinski definition) is 7. The van der Waals surface area contributed by atoms with Gasteiger partial charge in [0.25, 0.3) is 11.8 Å². The molecule has 0 saturated carbocycles. The summed E-state index contributed by atoms with van der Waals surface area (Å²) in [5.41, 5.74) is 6.19. The summed E-state index contributed by atoms with van der Waals surface area (Å²) in [7, 11) is 4.48. The lowest BCUT2D eigenvalue weighted by atomic mass is 9.94. The molecule has 0 spiro atoms. The second-order valence-corrected chi connectivity index (χ2v) is 8.36. The van der Waals surface area contributed by atoms with E-state index >= 15 is 0 Å². The van der Waals surface area contributed by atoms with Crippen molar-refractivity contribution in [2.45, 2.75) is 13.5 Å². The first-order valence-corrected chi connectivity index (χ1v) is 11.4. The van der Waals surface area contributed by atoms with Crippen molar-refractivity contribution in [2.24, 2.45) is 0 Å². The smallest absolute Gasteiger partial charge is 0.325 e.